The van der Waals surface area contributed by atoms with Crippen molar-refractivity contribution in [3.05, 3.63) is 83.2 Å². The van der Waals surface area contributed by atoms with Gasteiger partial charge in [-0.1, -0.05) is 69.9 Å². The zero-order chi connectivity index (χ0) is 33.1. The number of hydrogen-bond donors (Lipinski definition) is 0. The fourth-order valence-electron chi connectivity index (χ4n) is 5.37. The summed E-state index contributed by atoms with van der Waals surface area (Å²) in [6, 6.07) is 16.8. The third-order valence-electron chi connectivity index (χ3n) is 8.29. The highest BCUT2D eigenvalue weighted by Crippen LogP contribution is 2.43. The van der Waals surface area contributed by atoms with E-state index in [0.717, 1.165) is 29.4 Å². The molecule has 1 aliphatic rings. The molecule has 0 aliphatic carbocycles. The van der Waals surface area contributed by atoms with Crippen molar-refractivity contribution in [2.24, 2.45) is 0 Å². The summed E-state index contributed by atoms with van der Waals surface area (Å²) in [7, 11) is -5.45. The van der Waals surface area contributed by atoms with Crippen molar-refractivity contribution in [2.45, 2.75) is 100.0 Å². The maximum Gasteiger partial charge on any atom is 0.416 e. The minimum Gasteiger partial charge on any atom is -0.376 e. The van der Waals surface area contributed by atoms with Crippen LogP contribution in [0.5, 0.6) is 0 Å². The molecule has 0 N–H and O–H groups in total. The summed E-state index contributed by atoms with van der Waals surface area (Å²) < 4.78 is 86.5. The van der Waals surface area contributed by atoms with Gasteiger partial charge in [0.2, 0.25) is 0 Å². The molecule has 45 heavy (non-hydrogen) atoms. The van der Waals surface area contributed by atoms with Gasteiger partial charge in [0.1, 0.15) is 12.8 Å². The number of rotatable bonds is 13. The van der Waals surface area contributed by atoms with Gasteiger partial charge in [-0.05, 0) is 55.6 Å². The van der Waals surface area contributed by atoms with Gasteiger partial charge in [-0.15, -0.1) is 0 Å². The van der Waals surface area contributed by atoms with E-state index in [2.05, 4.69) is 33.5 Å². The zero-order valence-corrected chi connectivity index (χ0v) is 28.8. The van der Waals surface area contributed by atoms with Crippen LogP contribution in [-0.4, -0.2) is 50.8 Å². The fourth-order valence-corrected chi connectivity index (χ4v) is 7.96. The predicted octanol–water partition coefficient (Wildman–Crippen LogP) is 7.79. The molecule has 7 nitrogen and oxygen atoms in total. The molecular weight excluding hydrogens is 622 g/mol. The molecule has 2 aromatic carbocycles. The molecule has 0 spiro atoms. The zero-order valence-electron chi connectivity index (χ0n) is 27.0. The molecule has 248 valence electrons. The lowest BCUT2D eigenvalue weighted by atomic mass is 9.89. The fraction of sp³-hybridized carbons (Fsp3) is 0.545. The second-order valence-electron chi connectivity index (χ2n) is 14.0. The molecule has 1 fully saturated rings. The van der Waals surface area contributed by atoms with Gasteiger partial charge in [-0.25, -0.2) is 13.1 Å². The lowest BCUT2D eigenvalue weighted by Gasteiger charge is -2.37. The first kappa shape index (κ1) is 35.3. The molecule has 2 unspecified atom stereocenters. The first-order valence-corrected chi connectivity index (χ1v) is 20.4. The number of aromatic nitrogens is 2. The number of ether oxygens (including phenoxy) is 3. The molecule has 0 bridgehead atoms. The molecule has 0 radical (unpaired) electrons. The molecule has 1 aromatic heterocycles. The van der Waals surface area contributed by atoms with Crippen molar-refractivity contribution in [3.63, 3.8) is 0 Å². The van der Waals surface area contributed by atoms with Crippen LogP contribution in [0, 0.1) is 0 Å². The minimum absolute atomic E-state index is 0.0451. The molecule has 12 heteroatoms. The normalized spacial score (nSPS) is 20.0. The topological polar surface area (TPSA) is 79.7 Å². The number of halogens is 3. The summed E-state index contributed by atoms with van der Waals surface area (Å²) in [6.45, 7) is 14.3. The second-order valence-corrected chi connectivity index (χ2v) is 22.0. The van der Waals surface area contributed by atoms with Crippen LogP contribution in [0.2, 0.25) is 25.7 Å². The van der Waals surface area contributed by atoms with Gasteiger partial charge in [0.05, 0.1) is 34.1 Å². The lowest BCUT2D eigenvalue weighted by Crippen LogP contribution is -2.42. The maximum absolute atomic E-state index is 13.8. The van der Waals surface area contributed by atoms with Crippen LogP contribution >= 0.6 is 0 Å². The SMILES string of the molecule is CC(C)(COCc1ccccc1)c1cc(C2CC(C)(S(=O)(=O)c3cccc(C(F)(F)F)c3)CCO2)nn1COCC[Si](C)(C)C. The highest BCUT2D eigenvalue weighted by molar-refractivity contribution is 7.92. The van der Waals surface area contributed by atoms with Gasteiger partial charge < -0.3 is 14.2 Å². The molecule has 3 aromatic rings. The summed E-state index contributed by atoms with van der Waals surface area (Å²) in [5, 5.41) is 4.85. The van der Waals surface area contributed by atoms with Crippen molar-refractivity contribution < 1.29 is 35.8 Å². The summed E-state index contributed by atoms with van der Waals surface area (Å²) in [6.07, 6.45) is -5.13. The summed E-state index contributed by atoms with van der Waals surface area (Å²) in [5.41, 5.74) is 0.999. The molecule has 1 aliphatic heterocycles. The number of benzene rings is 2. The van der Waals surface area contributed by atoms with Gasteiger partial charge in [0.15, 0.2) is 9.84 Å². The summed E-state index contributed by atoms with van der Waals surface area (Å²) in [4.78, 5) is -0.348. The van der Waals surface area contributed by atoms with Crippen molar-refractivity contribution in [1.29, 1.82) is 0 Å². The minimum atomic E-state index is -4.65. The quantitative estimate of drug-likeness (QED) is 0.137. The molecule has 1 saturated heterocycles. The Morgan fingerprint density at radius 3 is 2.42 bits per heavy atom. The Morgan fingerprint density at radius 1 is 1.04 bits per heavy atom. The van der Waals surface area contributed by atoms with E-state index in [-0.39, 0.29) is 31.1 Å². The predicted molar refractivity (Wildman–Crippen MR) is 170 cm³/mol. The Labute approximate surface area is 266 Å². The number of alkyl halides is 3. The van der Waals surface area contributed by atoms with E-state index in [1.165, 1.54) is 6.07 Å². The highest BCUT2D eigenvalue weighted by atomic mass is 32.2. The van der Waals surface area contributed by atoms with Crippen molar-refractivity contribution >= 4 is 17.9 Å². The molecule has 4 rings (SSSR count). The number of hydrogen-bond acceptors (Lipinski definition) is 6. The van der Waals surface area contributed by atoms with Crippen molar-refractivity contribution in [1.82, 2.24) is 9.78 Å². The molecular formula is C33H45F3N2O5SSi. The highest BCUT2D eigenvalue weighted by Gasteiger charge is 2.46. The van der Waals surface area contributed by atoms with E-state index in [0.29, 0.717) is 31.6 Å². The van der Waals surface area contributed by atoms with Crippen LogP contribution in [-0.2, 0) is 49.0 Å². The number of sulfone groups is 1. The summed E-state index contributed by atoms with van der Waals surface area (Å²) >= 11 is 0. The van der Waals surface area contributed by atoms with Gasteiger partial charge >= 0.3 is 6.18 Å². The van der Waals surface area contributed by atoms with E-state index >= 15 is 0 Å². The van der Waals surface area contributed by atoms with Crippen LogP contribution in [0.25, 0.3) is 0 Å². The Balaban J connectivity index is 1.59. The van der Waals surface area contributed by atoms with E-state index in [1.54, 1.807) is 11.6 Å². The average Bonchev–Trinajstić information content (AvgIpc) is 3.40. The third-order valence-corrected chi connectivity index (χ3v) is 12.5. The van der Waals surface area contributed by atoms with Gasteiger partial charge in [-0.3, -0.25) is 0 Å². The largest absolute Gasteiger partial charge is 0.416 e. The lowest BCUT2D eigenvalue weighted by molar-refractivity contribution is -0.137. The van der Waals surface area contributed by atoms with Crippen LogP contribution in [0.15, 0.2) is 65.6 Å². The summed E-state index contributed by atoms with van der Waals surface area (Å²) in [5.74, 6) is 0. The Morgan fingerprint density at radius 2 is 1.76 bits per heavy atom. The number of nitrogens with zero attached hydrogens (tertiary/aromatic N) is 2. The van der Waals surface area contributed by atoms with E-state index in [4.69, 9.17) is 19.3 Å². The Bertz CT molecular complexity index is 1540. The van der Waals surface area contributed by atoms with Crippen LogP contribution in [0.1, 0.15) is 62.2 Å². The van der Waals surface area contributed by atoms with Crippen LogP contribution in [0.4, 0.5) is 13.2 Å². The van der Waals surface area contributed by atoms with Gasteiger partial charge in [0.25, 0.3) is 0 Å². The molecule has 2 heterocycles. The third kappa shape index (κ3) is 8.85. The first-order chi connectivity index (χ1) is 20.9. The molecule has 0 saturated carbocycles. The van der Waals surface area contributed by atoms with E-state index in [1.807, 2.05) is 36.4 Å². The standard InChI is InChI=1S/C33H45F3N2O5SSi/c1-31(2,23-42-22-25-11-8-7-9-12-25)30-20-28(37-38(30)24-41-17-18-45(4,5)6)29-21-32(3,15-16-43-29)44(39,40)27-14-10-13-26(19-27)33(34,35)36/h7-14,19-20,29H,15-18,21-24H2,1-6H3. The second kappa shape index (κ2) is 13.7. The van der Waals surface area contributed by atoms with Crippen molar-refractivity contribution in [2.75, 3.05) is 19.8 Å². The smallest absolute Gasteiger partial charge is 0.376 e. The van der Waals surface area contributed by atoms with Gasteiger partial charge in [-0.2, -0.15) is 18.3 Å². The monoisotopic (exact) mass is 666 g/mol. The van der Waals surface area contributed by atoms with Crippen LogP contribution < -0.4 is 0 Å². The van der Waals surface area contributed by atoms with E-state index < -0.39 is 45.9 Å². The van der Waals surface area contributed by atoms with Crippen LogP contribution in [0.3, 0.4) is 0 Å². The first-order valence-electron chi connectivity index (χ1n) is 15.2. The Hall–Kier alpha value is -2.51. The Kier molecular flexibility index (Phi) is 10.8. The molecule has 0 amide bonds. The molecule has 2 atom stereocenters. The maximum atomic E-state index is 13.8. The van der Waals surface area contributed by atoms with Crippen molar-refractivity contribution in [3.8, 4) is 0 Å². The average molecular weight is 667 g/mol. The van der Waals surface area contributed by atoms with E-state index in [9.17, 15) is 21.6 Å². The van der Waals surface area contributed by atoms with Gasteiger partial charge in [0, 0.05) is 32.4 Å².